The first-order valence-corrected chi connectivity index (χ1v) is 10.2. The summed E-state index contributed by atoms with van der Waals surface area (Å²) >= 11 is 0. The SMILES string of the molecule is O[C@@H]1[C@H](O)[C@@H](Oc2cccc(C(F)(F)F)n2)CO[C@@H]1CN1CCN(c2ccncn2)CC1. The fourth-order valence-electron chi connectivity index (χ4n) is 3.80. The number of halogens is 3. The van der Waals surface area contributed by atoms with E-state index >= 15 is 0 Å². The zero-order valence-corrected chi connectivity index (χ0v) is 17.1. The van der Waals surface area contributed by atoms with Crippen molar-refractivity contribution in [2.24, 2.45) is 0 Å². The molecule has 0 amide bonds. The van der Waals surface area contributed by atoms with E-state index in [9.17, 15) is 23.4 Å². The van der Waals surface area contributed by atoms with Gasteiger partial charge in [-0.25, -0.2) is 15.0 Å². The molecule has 2 N–H and O–H groups in total. The van der Waals surface area contributed by atoms with Crippen LogP contribution in [0.15, 0.2) is 36.8 Å². The first kappa shape index (κ1) is 22.6. The molecule has 12 heteroatoms. The smallest absolute Gasteiger partial charge is 0.433 e. The third-order valence-corrected chi connectivity index (χ3v) is 5.57. The topological polar surface area (TPSA) is 104 Å². The van der Waals surface area contributed by atoms with Gasteiger partial charge in [-0.15, -0.1) is 0 Å². The van der Waals surface area contributed by atoms with Crippen LogP contribution in [-0.4, -0.2) is 93.8 Å². The van der Waals surface area contributed by atoms with Gasteiger partial charge in [0.25, 0.3) is 0 Å². The molecule has 2 aliphatic heterocycles. The highest BCUT2D eigenvalue weighted by Gasteiger charge is 2.41. The Kier molecular flexibility index (Phi) is 6.74. The Hall–Kier alpha value is -2.54. The quantitative estimate of drug-likeness (QED) is 0.670. The fourth-order valence-corrected chi connectivity index (χ4v) is 3.80. The first-order valence-electron chi connectivity index (χ1n) is 10.2. The van der Waals surface area contributed by atoms with Gasteiger partial charge in [0.05, 0.1) is 12.7 Å². The normalized spacial score (nSPS) is 27.3. The van der Waals surface area contributed by atoms with Crippen LogP contribution in [0.2, 0.25) is 0 Å². The molecule has 2 aromatic heterocycles. The average Bonchev–Trinajstić information content (AvgIpc) is 2.79. The highest BCUT2D eigenvalue weighted by molar-refractivity contribution is 5.36. The van der Waals surface area contributed by atoms with Gasteiger partial charge in [-0.3, -0.25) is 4.90 Å². The molecule has 2 saturated heterocycles. The van der Waals surface area contributed by atoms with Crippen molar-refractivity contribution >= 4 is 5.82 Å². The Bertz CT molecular complexity index is 883. The molecule has 0 bridgehead atoms. The van der Waals surface area contributed by atoms with Gasteiger partial charge in [0.15, 0.2) is 6.10 Å². The minimum absolute atomic E-state index is 0.0816. The van der Waals surface area contributed by atoms with Crippen LogP contribution in [0.4, 0.5) is 19.0 Å². The van der Waals surface area contributed by atoms with E-state index in [-0.39, 0.29) is 12.5 Å². The van der Waals surface area contributed by atoms with Crippen LogP contribution in [-0.2, 0) is 10.9 Å². The van der Waals surface area contributed by atoms with Crippen LogP contribution in [0.5, 0.6) is 5.88 Å². The van der Waals surface area contributed by atoms with Crippen molar-refractivity contribution in [1.82, 2.24) is 19.9 Å². The third kappa shape index (κ3) is 5.26. The number of aliphatic hydroxyl groups excluding tert-OH is 2. The number of ether oxygens (including phenoxy) is 2. The molecule has 0 aromatic carbocycles. The van der Waals surface area contributed by atoms with Gasteiger partial charge in [0.1, 0.15) is 30.0 Å². The van der Waals surface area contributed by atoms with Gasteiger partial charge in [0, 0.05) is 45.0 Å². The van der Waals surface area contributed by atoms with Crippen molar-refractivity contribution in [2.45, 2.75) is 30.6 Å². The first-order chi connectivity index (χ1) is 15.3. The largest absolute Gasteiger partial charge is 0.469 e. The maximum atomic E-state index is 12.8. The van der Waals surface area contributed by atoms with Gasteiger partial charge >= 0.3 is 6.18 Å². The van der Waals surface area contributed by atoms with Crippen molar-refractivity contribution in [3.8, 4) is 5.88 Å². The Morgan fingerprint density at radius 2 is 1.88 bits per heavy atom. The Morgan fingerprint density at radius 1 is 1.09 bits per heavy atom. The summed E-state index contributed by atoms with van der Waals surface area (Å²) in [6.45, 7) is 3.26. The summed E-state index contributed by atoms with van der Waals surface area (Å²) in [5.41, 5.74) is -1.10. The number of pyridine rings is 1. The van der Waals surface area contributed by atoms with Crippen molar-refractivity contribution in [3.05, 3.63) is 42.5 Å². The summed E-state index contributed by atoms with van der Waals surface area (Å²) in [6.07, 6.45) is -5.68. The summed E-state index contributed by atoms with van der Waals surface area (Å²) in [6, 6.07) is 5.11. The molecule has 2 aromatic rings. The van der Waals surface area contributed by atoms with E-state index in [0.717, 1.165) is 38.1 Å². The molecule has 0 spiro atoms. The van der Waals surface area contributed by atoms with E-state index in [0.29, 0.717) is 6.54 Å². The molecule has 4 heterocycles. The molecule has 9 nitrogen and oxygen atoms in total. The van der Waals surface area contributed by atoms with Crippen LogP contribution in [0.3, 0.4) is 0 Å². The molecular formula is C20H24F3N5O4. The number of aliphatic hydroxyl groups is 2. The second-order valence-electron chi connectivity index (χ2n) is 7.72. The molecular weight excluding hydrogens is 431 g/mol. The number of nitrogens with zero attached hydrogens (tertiary/aromatic N) is 5. The van der Waals surface area contributed by atoms with Crippen LogP contribution in [0.1, 0.15) is 5.69 Å². The predicted octanol–water partition coefficient (Wildman–Crippen LogP) is 0.581. The molecule has 4 atom stereocenters. The van der Waals surface area contributed by atoms with Gasteiger partial charge in [-0.2, -0.15) is 13.2 Å². The number of hydrogen-bond acceptors (Lipinski definition) is 9. The number of alkyl halides is 3. The lowest BCUT2D eigenvalue weighted by Gasteiger charge is -2.41. The summed E-state index contributed by atoms with van der Waals surface area (Å²) < 4.78 is 49.6. The zero-order chi connectivity index (χ0) is 22.7. The van der Waals surface area contributed by atoms with Crippen LogP contribution in [0, 0.1) is 0 Å². The fraction of sp³-hybridized carbons (Fsp3) is 0.550. The van der Waals surface area contributed by atoms with E-state index in [2.05, 4.69) is 24.8 Å². The van der Waals surface area contributed by atoms with Crippen LogP contribution < -0.4 is 9.64 Å². The molecule has 2 fully saturated rings. The molecule has 4 rings (SSSR count). The monoisotopic (exact) mass is 455 g/mol. The number of anilines is 1. The minimum Gasteiger partial charge on any atom is -0.469 e. The van der Waals surface area contributed by atoms with E-state index < -0.39 is 36.3 Å². The molecule has 0 radical (unpaired) electrons. The lowest BCUT2D eigenvalue weighted by atomic mass is 9.99. The molecule has 32 heavy (non-hydrogen) atoms. The standard InChI is InChI=1S/C20H24F3N5O4/c21-20(22,23)15-2-1-3-17(26-15)32-14-11-31-13(18(29)19(14)30)10-27-6-8-28(9-7-27)16-4-5-24-12-25-16/h1-5,12-14,18-19,29-30H,6-11H2/t13-,14+,18+,19-/m1/s1. The Morgan fingerprint density at radius 3 is 2.56 bits per heavy atom. The highest BCUT2D eigenvalue weighted by atomic mass is 19.4. The van der Waals surface area contributed by atoms with E-state index in [1.165, 1.54) is 18.5 Å². The third-order valence-electron chi connectivity index (χ3n) is 5.57. The van der Waals surface area contributed by atoms with Crippen LogP contribution in [0.25, 0.3) is 0 Å². The lowest BCUT2D eigenvalue weighted by Crippen LogP contribution is -2.59. The van der Waals surface area contributed by atoms with Gasteiger partial charge in [-0.1, -0.05) is 6.07 Å². The molecule has 0 aliphatic carbocycles. The zero-order valence-electron chi connectivity index (χ0n) is 17.1. The maximum Gasteiger partial charge on any atom is 0.433 e. The number of piperazine rings is 1. The Labute approximate surface area is 182 Å². The molecule has 0 unspecified atom stereocenters. The second kappa shape index (κ2) is 9.53. The number of aromatic nitrogens is 3. The van der Waals surface area contributed by atoms with Crippen molar-refractivity contribution < 1.29 is 32.9 Å². The van der Waals surface area contributed by atoms with Crippen molar-refractivity contribution in [1.29, 1.82) is 0 Å². The predicted molar refractivity (Wildman–Crippen MR) is 106 cm³/mol. The summed E-state index contributed by atoms with van der Waals surface area (Å²) in [7, 11) is 0. The maximum absolute atomic E-state index is 12.8. The van der Waals surface area contributed by atoms with E-state index in [4.69, 9.17) is 9.47 Å². The van der Waals surface area contributed by atoms with Gasteiger partial charge in [0.2, 0.25) is 5.88 Å². The van der Waals surface area contributed by atoms with E-state index in [1.807, 2.05) is 6.07 Å². The van der Waals surface area contributed by atoms with E-state index in [1.54, 1.807) is 6.20 Å². The molecule has 174 valence electrons. The Balaban J connectivity index is 1.29. The van der Waals surface area contributed by atoms with Crippen molar-refractivity contribution in [3.63, 3.8) is 0 Å². The summed E-state index contributed by atoms with van der Waals surface area (Å²) in [5.74, 6) is 0.561. The molecule has 0 saturated carbocycles. The average molecular weight is 455 g/mol. The van der Waals surface area contributed by atoms with Crippen LogP contribution >= 0.6 is 0 Å². The highest BCUT2D eigenvalue weighted by Crippen LogP contribution is 2.29. The number of hydrogen-bond donors (Lipinski definition) is 2. The number of rotatable bonds is 5. The lowest BCUT2D eigenvalue weighted by molar-refractivity contribution is -0.185. The minimum atomic E-state index is -4.61. The molecule has 2 aliphatic rings. The van der Waals surface area contributed by atoms with Crippen molar-refractivity contribution in [2.75, 3.05) is 44.2 Å². The second-order valence-corrected chi connectivity index (χ2v) is 7.72. The summed E-state index contributed by atoms with van der Waals surface area (Å²) in [4.78, 5) is 15.8. The summed E-state index contributed by atoms with van der Waals surface area (Å²) in [5, 5.41) is 21.0. The van der Waals surface area contributed by atoms with Gasteiger partial charge < -0.3 is 24.6 Å². The van der Waals surface area contributed by atoms with Gasteiger partial charge in [-0.05, 0) is 12.1 Å².